The standard InChI is InChI=1S/C16H24N2OS/c1-4-17-10-14-7-8-19-16(14)12-18(13(2)3)11-15-6-5-9-20-15/h5-9,13,17H,4,10-12H2,1-3H3. The van der Waals surface area contributed by atoms with Crippen molar-refractivity contribution in [3.8, 4) is 0 Å². The first-order valence-corrected chi connectivity index (χ1v) is 8.11. The summed E-state index contributed by atoms with van der Waals surface area (Å²) in [6.45, 7) is 10.3. The predicted octanol–water partition coefficient (Wildman–Crippen LogP) is 3.86. The lowest BCUT2D eigenvalue weighted by Gasteiger charge is -2.25. The summed E-state index contributed by atoms with van der Waals surface area (Å²) in [5.41, 5.74) is 1.27. The Morgan fingerprint density at radius 3 is 2.80 bits per heavy atom. The van der Waals surface area contributed by atoms with Gasteiger partial charge in [0.15, 0.2) is 0 Å². The molecule has 4 heteroatoms. The van der Waals surface area contributed by atoms with Crippen LogP contribution in [-0.2, 0) is 19.6 Å². The Hall–Kier alpha value is -1.10. The summed E-state index contributed by atoms with van der Waals surface area (Å²) in [6, 6.07) is 6.87. The van der Waals surface area contributed by atoms with Crippen molar-refractivity contribution in [2.24, 2.45) is 0 Å². The highest BCUT2D eigenvalue weighted by Crippen LogP contribution is 2.19. The van der Waals surface area contributed by atoms with Crippen LogP contribution >= 0.6 is 11.3 Å². The van der Waals surface area contributed by atoms with Gasteiger partial charge < -0.3 is 9.73 Å². The molecule has 2 heterocycles. The molecule has 2 aromatic heterocycles. The minimum atomic E-state index is 0.495. The Labute approximate surface area is 125 Å². The topological polar surface area (TPSA) is 28.4 Å². The number of hydrogen-bond acceptors (Lipinski definition) is 4. The van der Waals surface area contributed by atoms with E-state index in [1.54, 1.807) is 6.26 Å². The van der Waals surface area contributed by atoms with Gasteiger partial charge in [-0.15, -0.1) is 11.3 Å². The summed E-state index contributed by atoms with van der Waals surface area (Å²) in [4.78, 5) is 3.85. The molecule has 0 aromatic carbocycles. The van der Waals surface area contributed by atoms with E-state index >= 15 is 0 Å². The largest absolute Gasteiger partial charge is 0.468 e. The van der Waals surface area contributed by atoms with E-state index in [9.17, 15) is 0 Å². The zero-order valence-corrected chi connectivity index (χ0v) is 13.4. The molecule has 0 aliphatic carbocycles. The van der Waals surface area contributed by atoms with Crippen LogP contribution in [0.15, 0.2) is 34.3 Å². The van der Waals surface area contributed by atoms with Gasteiger partial charge in [0.2, 0.25) is 0 Å². The number of rotatable bonds is 8. The fourth-order valence-corrected chi connectivity index (χ4v) is 2.86. The molecule has 20 heavy (non-hydrogen) atoms. The van der Waals surface area contributed by atoms with Crippen LogP contribution in [0.4, 0.5) is 0 Å². The predicted molar refractivity (Wildman–Crippen MR) is 84.8 cm³/mol. The molecule has 0 saturated carbocycles. The summed E-state index contributed by atoms with van der Waals surface area (Å²) in [5, 5.41) is 5.50. The van der Waals surface area contributed by atoms with Gasteiger partial charge in [0.25, 0.3) is 0 Å². The highest BCUT2D eigenvalue weighted by atomic mass is 32.1. The van der Waals surface area contributed by atoms with Gasteiger partial charge in [-0.1, -0.05) is 13.0 Å². The summed E-state index contributed by atoms with van der Waals surface area (Å²) >= 11 is 1.81. The van der Waals surface area contributed by atoms with Crippen LogP contribution in [0.5, 0.6) is 0 Å². The fourth-order valence-electron chi connectivity index (χ4n) is 2.13. The van der Waals surface area contributed by atoms with Crippen molar-refractivity contribution in [3.63, 3.8) is 0 Å². The van der Waals surface area contributed by atoms with Crippen LogP contribution < -0.4 is 5.32 Å². The monoisotopic (exact) mass is 292 g/mol. The minimum absolute atomic E-state index is 0.495. The molecule has 3 nitrogen and oxygen atoms in total. The molecule has 0 atom stereocenters. The first kappa shape index (κ1) is 15.3. The molecule has 0 aliphatic heterocycles. The number of nitrogens with one attached hydrogen (secondary N) is 1. The third-order valence-electron chi connectivity index (χ3n) is 3.42. The first-order chi connectivity index (χ1) is 9.70. The zero-order valence-electron chi connectivity index (χ0n) is 12.6. The van der Waals surface area contributed by atoms with E-state index in [0.717, 1.165) is 31.9 Å². The van der Waals surface area contributed by atoms with Crippen LogP contribution in [0.3, 0.4) is 0 Å². The fraction of sp³-hybridized carbons (Fsp3) is 0.500. The molecule has 0 saturated heterocycles. The maximum absolute atomic E-state index is 5.68. The average molecular weight is 292 g/mol. The molecule has 0 spiro atoms. The molecule has 0 radical (unpaired) electrons. The van der Waals surface area contributed by atoms with E-state index < -0.39 is 0 Å². The molecule has 2 aromatic rings. The van der Waals surface area contributed by atoms with Gasteiger partial charge in [-0.05, 0) is 37.9 Å². The molecule has 1 N–H and O–H groups in total. The number of nitrogens with zero attached hydrogens (tertiary/aromatic N) is 1. The smallest absolute Gasteiger partial charge is 0.122 e. The van der Waals surface area contributed by atoms with Crippen molar-refractivity contribution >= 4 is 11.3 Å². The number of thiophene rings is 1. The van der Waals surface area contributed by atoms with Crippen molar-refractivity contribution in [2.75, 3.05) is 6.54 Å². The molecule has 0 bridgehead atoms. The Kier molecular flexibility index (Phi) is 5.83. The summed E-state index contributed by atoms with van der Waals surface area (Å²) in [6.07, 6.45) is 1.80. The quantitative estimate of drug-likeness (QED) is 0.801. The lowest BCUT2D eigenvalue weighted by atomic mass is 10.2. The van der Waals surface area contributed by atoms with Gasteiger partial charge in [0.1, 0.15) is 5.76 Å². The highest BCUT2D eigenvalue weighted by Gasteiger charge is 2.15. The van der Waals surface area contributed by atoms with Crippen LogP contribution in [0.2, 0.25) is 0 Å². The lowest BCUT2D eigenvalue weighted by molar-refractivity contribution is 0.188. The van der Waals surface area contributed by atoms with Gasteiger partial charge in [-0.2, -0.15) is 0 Å². The minimum Gasteiger partial charge on any atom is -0.468 e. The maximum atomic E-state index is 5.68. The van der Waals surface area contributed by atoms with E-state index in [1.165, 1.54) is 10.4 Å². The summed E-state index contributed by atoms with van der Waals surface area (Å²) in [5.74, 6) is 1.08. The second-order valence-electron chi connectivity index (χ2n) is 5.23. The van der Waals surface area contributed by atoms with Crippen LogP contribution in [-0.4, -0.2) is 17.5 Å². The van der Waals surface area contributed by atoms with Gasteiger partial charge in [-0.25, -0.2) is 0 Å². The second kappa shape index (κ2) is 7.62. The molecule has 2 rings (SSSR count). The highest BCUT2D eigenvalue weighted by molar-refractivity contribution is 7.09. The third-order valence-corrected chi connectivity index (χ3v) is 4.28. The van der Waals surface area contributed by atoms with Gasteiger partial charge in [0.05, 0.1) is 12.8 Å². The maximum Gasteiger partial charge on any atom is 0.122 e. The van der Waals surface area contributed by atoms with Crippen molar-refractivity contribution < 1.29 is 4.42 Å². The van der Waals surface area contributed by atoms with E-state index in [4.69, 9.17) is 4.42 Å². The van der Waals surface area contributed by atoms with Crippen molar-refractivity contribution in [3.05, 3.63) is 46.0 Å². The molecular formula is C16H24N2OS. The van der Waals surface area contributed by atoms with E-state index in [2.05, 4.69) is 54.6 Å². The molecule has 0 fully saturated rings. The van der Waals surface area contributed by atoms with Crippen molar-refractivity contribution in [1.29, 1.82) is 0 Å². The van der Waals surface area contributed by atoms with Gasteiger partial charge >= 0.3 is 0 Å². The molecular weight excluding hydrogens is 268 g/mol. The Morgan fingerprint density at radius 2 is 2.15 bits per heavy atom. The Bertz CT molecular complexity index is 490. The van der Waals surface area contributed by atoms with E-state index in [1.807, 2.05) is 11.3 Å². The third kappa shape index (κ3) is 4.20. The first-order valence-electron chi connectivity index (χ1n) is 7.23. The van der Waals surface area contributed by atoms with Crippen LogP contribution in [0.1, 0.15) is 37.0 Å². The summed E-state index contributed by atoms with van der Waals surface area (Å²) < 4.78 is 5.68. The number of furan rings is 1. The Morgan fingerprint density at radius 1 is 1.30 bits per heavy atom. The van der Waals surface area contributed by atoms with Gasteiger partial charge in [-0.3, -0.25) is 4.90 Å². The molecule has 0 unspecified atom stereocenters. The SMILES string of the molecule is CCNCc1ccoc1CN(Cc1cccs1)C(C)C. The zero-order chi connectivity index (χ0) is 14.4. The number of hydrogen-bond donors (Lipinski definition) is 1. The van der Waals surface area contributed by atoms with E-state index in [0.29, 0.717) is 6.04 Å². The van der Waals surface area contributed by atoms with Gasteiger partial charge in [0, 0.05) is 29.6 Å². The summed E-state index contributed by atoms with van der Waals surface area (Å²) in [7, 11) is 0. The lowest BCUT2D eigenvalue weighted by Crippen LogP contribution is -2.30. The normalized spacial score (nSPS) is 11.7. The second-order valence-corrected chi connectivity index (χ2v) is 6.26. The molecule has 0 aliphatic rings. The van der Waals surface area contributed by atoms with Crippen LogP contribution in [0, 0.1) is 0 Å². The van der Waals surface area contributed by atoms with Crippen molar-refractivity contribution in [2.45, 2.75) is 46.4 Å². The van der Waals surface area contributed by atoms with E-state index in [-0.39, 0.29) is 0 Å². The molecule has 0 amide bonds. The Balaban J connectivity index is 2.02. The average Bonchev–Trinajstić information content (AvgIpc) is 3.07. The van der Waals surface area contributed by atoms with Crippen molar-refractivity contribution in [1.82, 2.24) is 10.2 Å². The molecule has 110 valence electrons. The van der Waals surface area contributed by atoms with Crippen LogP contribution in [0.25, 0.3) is 0 Å².